The van der Waals surface area contributed by atoms with E-state index in [1.54, 1.807) is 54.6 Å². The number of morpholine rings is 1. The summed E-state index contributed by atoms with van der Waals surface area (Å²) in [5.74, 6) is 0.265. The maximum atomic E-state index is 13.6. The Morgan fingerprint density at radius 1 is 0.881 bits per heavy atom. The van der Waals surface area contributed by atoms with Gasteiger partial charge in [0.2, 0.25) is 10.0 Å². The van der Waals surface area contributed by atoms with Crippen LogP contribution in [0.5, 0.6) is 11.5 Å². The number of benzene rings is 3. The van der Waals surface area contributed by atoms with Crippen molar-refractivity contribution < 1.29 is 35.8 Å². The molecule has 1 amide bonds. The summed E-state index contributed by atoms with van der Waals surface area (Å²) in [5.41, 5.74) is 2.16. The monoisotopic (exact) mass is 615 g/mol. The maximum Gasteiger partial charge on any atom is 0.264 e. The van der Waals surface area contributed by atoms with Crippen LogP contribution in [0.1, 0.15) is 11.1 Å². The molecule has 3 aromatic rings. The Bertz CT molecular complexity index is 1640. The first kappa shape index (κ1) is 29.8. The van der Waals surface area contributed by atoms with E-state index in [4.69, 9.17) is 14.2 Å². The normalized spacial score (nSPS) is 17.7. The molecule has 3 aromatic carbocycles. The number of aryl methyl sites for hydroxylation is 2. The molecule has 1 atom stereocenters. The third kappa shape index (κ3) is 6.38. The van der Waals surface area contributed by atoms with Crippen molar-refractivity contribution in [3.63, 3.8) is 0 Å². The Morgan fingerprint density at radius 3 is 2.19 bits per heavy atom. The Morgan fingerprint density at radius 2 is 1.50 bits per heavy atom. The van der Waals surface area contributed by atoms with Crippen LogP contribution < -0.4 is 19.1 Å². The zero-order chi connectivity index (χ0) is 29.9. The van der Waals surface area contributed by atoms with Gasteiger partial charge < -0.3 is 19.5 Å². The smallest absolute Gasteiger partial charge is 0.264 e. The molecule has 2 aliphatic heterocycles. The van der Waals surface area contributed by atoms with Gasteiger partial charge in [-0.25, -0.2) is 16.8 Å². The topological polar surface area (TPSA) is 132 Å². The number of ether oxygens (including phenoxy) is 3. The van der Waals surface area contributed by atoms with Gasteiger partial charge in [-0.3, -0.25) is 9.10 Å². The predicted molar refractivity (Wildman–Crippen MR) is 156 cm³/mol. The molecule has 1 fully saturated rings. The Kier molecular flexibility index (Phi) is 8.73. The fourth-order valence-corrected chi connectivity index (χ4v) is 7.55. The Balaban J connectivity index is 1.20. The number of rotatable bonds is 9. The van der Waals surface area contributed by atoms with Crippen LogP contribution in [0.15, 0.2) is 76.5 Å². The van der Waals surface area contributed by atoms with Crippen molar-refractivity contribution in [1.82, 2.24) is 9.62 Å². The molecule has 224 valence electrons. The van der Waals surface area contributed by atoms with E-state index in [1.807, 2.05) is 13.8 Å². The average Bonchev–Trinajstić information content (AvgIpc) is 2.99. The molecule has 0 radical (unpaired) electrons. The minimum Gasteiger partial charge on any atom is -0.492 e. The molecule has 13 heteroatoms. The van der Waals surface area contributed by atoms with E-state index in [9.17, 15) is 21.6 Å². The number of sulfonamides is 2. The fourth-order valence-electron chi connectivity index (χ4n) is 4.66. The standard InChI is InChI=1S/C29H33N3O8S2/c1-21-3-8-25(9-4-21)42(36,37)32-20-28(40-27-19-22(2)5-12-26(27)32)29(33)30-13-16-39-23-6-10-24(11-7-23)41(34,35)31-14-17-38-18-15-31/h3-12,19,28H,13-18,20H2,1-2H3,(H,30,33)/t28-/m1/s1. The number of carbonyl (C=O) groups excluding carboxylic acids is 1. The van der Waals surface area contributed by atoms with Gasteiger partial charge in [-0.1, -0.05) is 23.8 Å². The Hall–Kier alpha value is -3.65. The van der Waals surface area contributed by atoms with Gasteiger partial charge in [0, 0.05) is 13.1 Å². The van der Waals surface area contributed by atoms with Crippen molar-refractivity contribution in [1.29, 1.82) is 0 Å². The van der Waals surface area contributed by atoms with Crippen molar-refractivity contribution in [2.75, 3.05) is 50.3 Å². The first-order chi connectivity index (χ1) is 20.1. The second-order valence-corrected chi connectivity index (χ2v) is 13.9. The number of anilines is 1. The number of nitrogens with zero attached hydrogens (tertiary/aromatic N) is 2. The zero-order valence-electron chi connectivity index (χ0n) is 23.4. The van der Waals surface area contributed by atoms with Crippen LogP contribution in [0.4, 0.5) is 5.69 Å². The van der Waals surface area contributed by atoms with Crippen LogP contribution >= 0.6 is 0 Å². The van der Waals surface area contributed by atoms with E-state index >= 15 is 0 Å². The second-order valence-electron chi connectivity index (χ2n) is 10.1. The molecular weight excluding hydrogens is 582 g/mol. The van der Waals surface area contributed by atoms with Crippen LogP contribution in [0, 0.1) is 13.8 Å². The molecule has 2 aliphatic rings. The summed E-state index contributed by atoms with van der Waals surface area (Å²) in [7, 11) is -7.56. The molecule has 0 aromatic heterocycles. The number of hydrogen-bond donors (Lipinski definition) is 1. The molecular formula is C29H33N3O8S2. The molecule has 0 saturated carbocycles. The van der Waals surface area contributed by atoms with Gasteiger partial charge in [0.15, 0.2) is 6.10 Å². The third-order valence-electron chi connectivity index (χ3n) is 6.99. The summed E-state index contributed by atoms with van der Waals surface area (Å²) in [4.78, 5) is 13.4. The predicted octanol–water partition coefficient (Wildman–Crippen LogP) is 2.48. The summed E-state index contributed by atoms with van der Waals surface area (Å²) in [5, 5.41) is 2.74. The van der Waals surface area contributed by atoms with Gasteiger partial charge in [0.1, 0.15) is 18.1 Å². The van der Waals surface area contributed by atoms with Crippen molar-refractivity contribution in [2.45, 2.75) is 29.7 Å². The number of nitrogens with one attached hydrogen (secondary N) is 1. The van der Waals surface area contributed by atoms with Gasteiger partial charge in [0.05, 0.1) is 41.8 Å². The highest BCUT2D eigenvalue weighted by atomic mass is 32.2. The molecule has 0 aliphatic carbocycles. The van der Waals surface area contributed by atoms with Crippen molar-refractivity contribution in [3.05, 3.63) is 77.9 Å². The number of carbonyl (C=O) groups is 1. The lowest BCUT2D eigenvalue weighted by molar-refractivity contribution is -0.127. The summed E-state index contributed by atoms with van der Waals surface area (Å²) >= 11 is 0. The van der Waals surface area contributed by atoms with E-state index in [0.717, 1.165) is 11.1 Å². The molecule has 0 spiro atoms. The molecule has 0 unspecified atom stereocenters. The molecule has 2 heterocycles. The van der Waals surface area contributed by atoms with E-state index in [-0.39, 0.29) is 29.5 Å². The van der Waals surface area contributed by atoms with Crippen LogP contribution in [-0.2, 0) is 29.6 Å². The fraction of sp³-hybridized carbons (Fsp3) is 0.345. The molecule has 5 rings (SSSR count). The summed E-state index contributed by atoms with van der Waals surface area (Å²) in [6, 6.07) is 17.8. The number of fused-ring (bicyclic) bond motifs is 1. The van der Waals surface area contributed by atoms with Crippen molar-refractivity contribution in [2.24, 2.45) is 0 Å². The molecule has 11 nitrogen and oxygen atoms in total. The van der Waals surface area contributed by atoms with Gasteiger partial charge in [0.25, 0.3) is 15.9 Å². The molecule has 42 heavy (non-hydrogen) atoms. The van der Waals surface area contributed by atoms with Crippen LogP contribution in [0.25, 0.3) is 0 Å². The van der Waals surface area contributed by atoms with Gasteiger partial charge in [-0.15, -0.1) is 0 Å². The number of hydrogen-bond acceptors (Lipinski definition) is 8. The summed E-state index contributed by atoms with van der Waals surface area (Å²) in [6.07, 6.45) is -1.08. The van der Waals surface area contributed by atoms with Gasteiger partial charge in [-0.05, 0) is 67.9 Å². The molecule has 1 N–H and O–H groups in total. The average molecular weight is 616 g/mol. The van der Waals surface area contributed by atoms with Gasteiger partial charge in [-0.2, -0.15) is 4.31 Å². The van der Waals surface area contributed by atoms with E-state index in [0.29, 0.717) is 43.5 Å². The van der Waals surface area contributed by atoms with E-state index in [1.165, 1.54) is 20.7 Å². The zero-order valence-corrected chi connectivity index (χ0v) is 25.0. The lowest BCUT2D eigenvalue weighted by atomic mass is 10.1. The largest absolute Gasteiger partial charge is 0.492 e. The Labute approximate surface area is 246 Å². The first-order valence-electron chi connectivity index (χ1n) is 13.5. The molecule has 0 bridgehead atoms. The quantitative estimate of drug-likeness (QED) is 0.364. The maximum absolute atomic E-state index is 13.6. The first-order valence-corrected chi connectivity index (χ1v) is 16.4. The van der Waals surface area contributed by atoms with Gasteiger partial charge >= 0.3 is 0 Å². The lowest BCUT2D eigenvalue weighted by Crippen LogP contribution is -2.51. The van der Waals surface area contributed by atoms with E-state index < -0.39 is 32.1 Å². The van der Waals surface area contributed by atoms with Crippen LogP contribution in [0.2, 0.25) is 0 Å². The minimum atomic E-state index is -3.96. The second kappa shape index (κ2) is 12.3. The summed E-state index contributed by atoms with van der Waals surface area (Å²) in [6.45, 7) is 5.12. The van der Waals surface area contributed by atoms with Crippen LogP contribution in [-0.4, -0.2) is 79.2 Å². The van der Waals surface area contributed by atoms with Crippen molar-refractivity contribution >= 4 is 31.6 Å². The van der Waals surface area contributed by atoms with Crippen LogP contribution in [0.3, 0.4) is 0 Å². The van der Waals surface area contributed by atoms with Crippen molar-refractivity contribution in [3.8, 4) is 11.5 Å². The number of amides is 1. The third-order valence-corrected chi connectivity index (χ3v) is 10.7. The highest BCUT2D eigenvalue weighted by Crippen LogP contribution is 2.37. The summed E-state index contributed by atoms with van der Waals surface area (Å²) < 4.78 is 72.2. The highest BCUT2D eigenvalue weighted by molar-refractivity contribution is 7.92. The SMILES string of the molecule is Cc1ccc(S(=O)(=O)N2C[C@H](C(=O)NCCOc3ccc(S(=O)(=O)N4CCOCC4)cc3)Oc3cc(C)ccc32)cc1. The molecule has 1 saturated heterocycles. The highest BCUT2D eigenvalue weighted by Gasteiger charge is 2.37. The lowest BCUT2D eigenvalue weighted by Gasteiger charge is -2.35. The minimum absolute atomic E-state index is 0.106. The van der Waals surface area contributed by atoms with E-state index in [2.05, 4.69) is 5.32 Å².